The maximum absolute atomic E-state index is 12.6. The van der Waals surface area contributed by atoms with Crippen LogP contribution in [-0.2, 0) is 9.53 Å². The first-order chi connectivity index (χ1) is 11.7. The third-order valence-corrected chi connectivity index (χ3v) is 5.26. The summed E-state index contributed by atoms with van der Waals surface area (Å²) in [5.74, 6) is 0.836. The smallest absolute Gasteiger partial charge is 0.222 e. The molecular formula is C20H30N2O2. The Morgan fingerprint density at radius 1 is 1.25 bits per heavy atom. The van der Waals surface area contributed by atoms with Gasteiger partial charge in [0.25, 0.3) is 0 Å². The van der Waals surface area contributed by atoms with Crippen LogP contribution >= 0.6 is 0 Å². The Labute approximate surface area is 145 Å². The highest BCUT2D eigenvalue weighted by Crippen LogP contribution is 2.27. The van der Waals surface area contributed by atoms with Gasteiger partial charge in [0.15, 0.2) is 0 Å². The molecule has 0 saturated carbocycles. The van der Waals surface area contributed by atoms with Gasteiger partial charge in [-0.15, -0.1) is 0 Å². The molecule has 4 nitrogen and oxygen atoms in total. The average molecular weight is 330 g/mol. The summed E-state index contributed by atoms with van der Waals surface area (Å²) in [6.07, 6.45) is 3.96. The Kier molecular flexibility index (Phi) is 6.27. The van der Waals surface area contributed by atoms with Crippen LogP contribution in [-0.4, -0.2) is 61.6 Å². The predicted molar refractivity (Wildman–Crippen MR) is 96.2 cm³/mol. The first-order valence-corrected chi connectivity index (χ1v) is 9.37. The lowest BCUT2D eigenvalue weighted by atomic mass is 9.89. The molecule has 0 bridgehead atoms. The molecule has 1 aromatic rings. The van der Waals surface area contributed by atoms with E-state index in [9.17, 15) is 4.79 Å². The summed E-state index contributed by atoms with van der Waals surface area (Å²) in [7, 11) is 0. The van der Waals surface area contributed by atoms with Crippen LogP contribution in [0.4, 0.5) is 0 Å². The fourth-order valence-electron chi connectivity index (χ4n) is 3.84. The summed E-state index contributed by atoms with van der Waals surface area (Å²) >= 11 is 0. The maximum atomic E-state index is 12.6. The lowest BCUT2D eigenvalue weighted by Crippen LogP contribution is -2.40. The highest BCUT2D eigenvalue weighted by Gasteiger charge is 2.24. The molecule has 0 spiro atoms. The molecule has 0 radical (unpaired) electrons. The van der Waals surface area contributed by atoms with Crippen molar-refractivity contribution in [1.29, 1.82) is 0 Å². The number of likely N-dealkylation sites (tertiary alicyclic amines) is 1. The Balaban J connectivity index is 1.46. The number of rotatable bonds is 5. The van der Waals surface area contributed by atoms with Crippen molar-refractivity contribution in [3.8, 4) is 0 Å². The number of benzene rings is 1. The van der Waals surface area contributed by atoms with Gasteiger partial charge in [0, 0.05) is 38.5 Å². The van der Waals surface area contributed by atoms with Crippen LogP contribution in [0.15, 0.2) is 24.3 Å². The summed E-state index contributed by atoms with van der Waals surface area (Å²) in [5, 5.41) is 0. The Morgan fingerprint density at radius 2 is 2.08 bits per heavy atom. The molecule has 2 aliphatic rings. The number of nitrogens with zero attached hydrogens (tertiary/aromatic N) is 2. The van der Waals surface area contributed by atoms with E-state index in [2.05, 4.69) is 41.0 Å². The third kappa shape index (κ3) is 4.81. The van der Waals surface area contributed by atoms with E-state index in [1.54, 1.807) is 0 Å². The zero-order chi connectivity index (χ0) is 16.8. The molecule has 132 valence electrons. The van der Waals surface area contributed by atoms with Crippen molar-refractivity contribution in [3.05, 3.63) is 35.4 Å². The van der Waals surface area contributed by atoms with Gasteiger partial charge in [-0.2, -0.15) is 0 Å². The molecule has 1 atom stereocenters. The third-order valence-electron chi connectivity index (χ3n) is 5.26. The number of carbonyl (C=O) groups is 1. The van der Waals surface area contributed by atoms with Crippen molar-refractivity contribution in [2.75, 3.05) is 45.9 Å². The van der Waals surface area contributed by atoms with Gasteiger partial charge in [-0.05, 0) is 38.3 Å². The monoisotopic (exact) mass is 330 g/mol. The van der Waals surface area contributed by atoms with Crippen molar-refractivity contribution in [2.45, 2.75) is 38.5 Å². The van der Waals surface area contributed by atoms with Crippen LogP contribution in [0.2, 0.25) is 0 Å². The summed E-state index contributed by atoms with van der Waals surface area (Å²) in [5.41, 5.74) is 2.70. The molecule has 0 unspecified atom stereocenters. The normalized spacial score (nSPS) is 22.5. The fourth-order valence-corrected chi connectivity index (χ4v) is 3.84. The molecule has 2 fully saturated rings. The maximum Gasteiger partial charge on any atom is 0.222 e. The second-order valence-corrected chi connectivity index (χ2v) is 7.15. The van der Waals surface area contributed by atoms with E-state index in [1.807, 2.05) is 0 Å². The second-order valence-electron chi connectivity index (χ2n) is 7.15. The molecule has 4 heteroatoms. The van der Waals surface area contributed by atoms with Crippen LogP contribution in [0.1, 0.15) is 42.7 Å². The van der Waals surface area contributed by atoms with Crippen LogP contribution in [0.3, 0.4) is 0 Å². The number of hydrogen-bond acceptors (Lipinski definition) is 3. The molecule has 2 aliphatic heterocycles. The number of aryl methyl sites for hydroxylation is 1. The minimum Gasteiger partial charge on any atom is -0.379 e. The first kappa shape index (κ1) is 17.4. The molecule has 0 N–H and O–H groups in total. The summed E-state index contributed by atoms with van der Waals surface area (Å²) < 4.78 is 5.37. The van der Waals surface area contributed by atoms with Crippen molar-refractivity contribution in [2.24, 2.45) is 0 Å². The zero-order valence-electron chi connectivity index (χ0n) is 14.9. The lowest BCUT2D eigenvalue weighted by molar-refractivity contribution is -0.132. The van der Waals surface area contributed by atoms with Crippen LogP contribution in [0.25, 0.3) is 0 Å². The van der Waals surface area contributed by atoms with Gasteiger partial charge in [0.1, 0.15) is 0 Å². The number of piperidine rings is 1. The van der Waals surface area contributed by atoms with Gasteiger partial charge in [-0.3, -0.25) is 9.69 Å². The second kappa shape index (κ2) is 8.63. The largest absolute Gasteiger partial charge is 0.379 e. The van der Waals surface area contributed by atoms with Gasteiger partial charge in [0.2, 0.25) is 5.91 Å². The number of hydrogen-bond donors (Lipinski definition) is 0. The molecule has 3 rings (SSSR count). The minimum atomic E-state index is 0.334. The highest BCUT2D eigenvalue weighted by atomic mass is 16.5. The number of morpholine rings is 1. The molecule has 24 heavy (non-hydrogen) atoms. The molecule has 1 amide bonds. The predicted octanol–water partition coefficient (Wildman–Crippen LogP) is 2.81. The highest BCUT2D eigenvalue weighted by molar-refractivity contribution is 5.76. The van der Waals surface area contributed by atoms with E-state index in [0.29, 0.717) is 18.2 Å². The van der Waals surface area contributed by atoms with Gasteiger partial charge >= 0.3 is 0 Å². The first-order valence-electron chi connectivity index (χ1n) is 9.37. The molecule has 0 aliphatic carbocycles. The van der Waals surface area contributed by atoms with Gasteiger partial charge in [0.05, 0.1) is 13.2 Å². The average Bonchev–Trinajstić information content (AvgIpc) is 2.63. The minimum absolute atomic E-state index is 0.334. The van der Waals surface area contributed by atoms with Gasteiger partial charge in [-0.25, -0.2) is 0 Å². The molecule has 0 aromatic heterocycles. The zero-order valence-corrected chi connectivity index (χ0v) is 14.9. The van der Waals surface area contributed by atoms with Crippen LogP contribution in [0, 0.1) is 6.92 Å². The molecule has 1 aromatic carbocycles. The van der Waals surface area contributed by atoms with Crippen molar-refractivity contribution in [3.63, 3.8) is 0 Å². The molecule has 2 heterocycles. The summed E-state index contributed by atoms with van der Waals surface area (Å²) in [6, 6.07) is 8.76. The Morgan fingerprint density at radius 3 is 2.88 bits per heavy atom. The van der Waals surface area contributed by atoms with Gasteiger partial charge in [-0.1, -0.05) is 29.8 Å². The van der Waals surface area contributed by atoms with E-state index in [-0.39, 0.29) is 0 Å². The van der Waals surface area contributed by atoms with Crippen molar-refractivity contribution < 1.29 is 9.53 Å². The molecule has 2 saturated heterocycles. The van der Waals surface area contributed by atoms with E-state index >= 15 is 0 Å². The van der Waals surface area contributed by atoms with E-state index in [0.717, 1.165) is 58.8 Å². The van der Waals surface area contributed by atoms with Crippen LogP contribution in [0.5, 0.6) is 0 Å². The van der Waals surface area contributed by atoms with E-state index in [4.69, 9.17) is 4.74 Å². The lowest BCUT2D eigenvalue weighted by Gasteiger charge is -2.33. The molecular weight excluding hydrogens is 300 g/mol. The number of carbonyl (C=O) groups excluding carboxylic acids is 1. The quantitative estimate of drug-likeness (QED) is 0.832. The Hall–Kier alpha value is -1.39. The summed E-state index contributed by atoms with van der Waals surface area (Å²) in [4.78, 5) is 17.1. The van der Waals surface area contributed by atoms with E-state index in [1.165, 1.54) is 17.5 Å². The van der Waals surface area contributed by atoms with Crippen molar-refractivity contribution >= 4 is 5.91 Å². The van der Waals surface area contributed by atoms with Crippen LogP contribution < -0.4 is 0 Å². The topological polar surface area (TPSA) is 32.8 Å². The van der Waals surface area contributed by atoms with Gasteiger partial charge < -0.3 is 9.64 Å². The SMILES string of the molecule is Cc1cccc([C@H]2CCCN(C(=O)CCCN3CCOCC3)C2)c1. The standard InChI is InChI=1S/C20H30N2O2/c1-17-5-2-6-18(15-17)19-7-3-10-22(16-19)20(23)8-4-9-21-11-13-24-14-12-21/h2,5-6,15,19H,3-4,7-14,16H2,1H3/t19-/m0/s1. The number of ether oxygens (including phenoxy) is 1. The van der Waals surface area contributed by atoms with Crippen molar-refractivity contribution in [1.82, 2.24) is 9.80 Å². The summed E-state index contributed by atoms with van der Waals surface area (Å²) in [6.45, 7) is 8.65. The number of amides is 1. The fraction of sp³-hybridized carbons (Fsp3) is 0.650. The van der Waals surface area contributed by atoms with E-state index < -0.39 is 0 Å². The Bertz CT molecular complexity index is 540.